The second-order valence-corrected chi connectivity index (χ2v) is 34.7. The highest BCUT2D eigenvalue weighted by molar-refractivity contribution is 7.00. The molecule has 21 aromatic carbocycles. The minimum atomic E-state index is -1.91. The molecule has 0 atom stereocenters. The maximum Gasteiger partial charge on any atom is 0.252 e. The Labute approximate surface area is 830 Å². The highest BCUT2D eigenvalue weighted by Crippen LogP contribution is 2.57. The van der Waals surface area contributed by atoms with Crippen molar-refractivity contribution in [2.45, 2.75) is 26.2 Å². The zero-order valence-electron chi connectivity index (χ0n) is 103. The Morgan fingerprint density at radius 3 is 0.830 bits per heavy atom. The largest absolute Gasteiger partial charge is 0.310 e. The lowest BCUT2D eigenvalue weighted by Gasteiger charge is -2.46. The number of anilines is 6. The summed E-state index contributed by atoms with van der Waals surface area (Å²) in [7, 11) is 0. The van der Waals surface area contributed by atoms with Crippen molar-refractivity contribution in [3.63, 3.8) is 0 Å². The van der Waals surface area contributed by atoms with Crippen LogP contribution in [0.3, 0.4) is 0 Å². The monoisotopic (exact) mass is 1750 g/mol. The smallest absolute Gasteiger partial charge is 0.252 e. The van der Waals surface area contributed by atoms with Gasteiger partial charge in [-0.15, -0.1) is 0 Å². The summed E-state index contributed by atoms with van der Waals surface area (Å²) in [6.07, 6.45) is 0. The van der Waals surface area contributed by atoms with E-state index in [9.17, 15) is 32.9 Å². The van der Waals surface area contributed by atoms with Gasteiger partial charge in [0.1, 0.15) is 0 Å². The molecule has 2 aliphatic rings. The fraction of sp³-hybridized carbons (Fsp3) is 0.0308. The van der Waals surface area contributed by atoms with Crippen molar-refractivity contribution in [2.24, 2.45) is 0 Å². The molecule has 0 N–H and O–H groups in total. The number of fused-ring (bicyclic) bond motifs is 10. The van der Waals surface area contributed by atoms with E-state index in [1.807, 2.05) is 346 Å². The van der Waals surface area contributed by atoms with E-state index in [2.05, 4.69) is 0 Å². The molecular weight excluding hydrogens is 1630 g/mol. The lowest BCUT2D eigenvalue weighted by molar-refractivity contribution is 0.590. The Hall–Kier alpha value is -17.1. The van der Waals surface area contributed by atoms with Gasteiger partial charge >= 0.3 is 0 Å². The Morgan fingerprint density at radius 1 is 0.215 bits per heavy atom. The quantitative estimate of drug-likeness (QED) is 0.0897. The highest BCUT2D eigenvalue weighted by Gasteiger charge is 2.47. The summed E-state index contributed by atoms with van der Waals surface area (Å²) in [4.78, 5) is 3.68. The number of para-hydroxylation sites is 2. The lowest BCUT2D eigenvalue weighted by atomic mass is 9.33. The van der Waals surface area contributed by atoms with E-state index < -0.39 is 271 Å². The maximum absolute atomic E-state index is 12.5. The average Bonchev–Trinajstić information content (AvgIpc) is 1.65. The molecule has 634 valence electrons. The summed E-state index contributed by atoms with van der Waals surface area (Å²) in [5.41, 5.74) is 4.95. The molecule has 0 aliphatic carbocycles. The summed E-state index contributed by atoms with van der Waals surface area (Å²) >= 11 is 0. The van der Waals surface area contributed by atoms with Crippen LogP contribution in [0.15, 0.2) is 497 Å². The number of aromatic nitrogens is 2. The van der Waals surface area contributed by atoms with Crippen LogP contribution in [0.4, 0.5) is 34.1 Å². The van der Waals surface area contributed by atoms with Crippen molar-refractivity contribution in [2.75, 3.05) is 9.80 Å². The average molecular weight is 1750 g/mol. The third-order valence-corrected chi connectivity index (χ3v) is 25.7. The fourth-order valence-corrected chi connectivity index (χ4v) is 19.3. The molecule has 2 aliphatic heterocycles. The van der Waals surface area contributed by atoms with E-state index in [0.29, 0.717) is 61.2 Å². The first-order chi connectivity index (χ1) is 79.1. The van der Waals surface area contributed by atoms with Crippen LogP contribution >= 0.6 is 0 Å². The van der Waals surface area contributed by atoms with Crippen LogP contribution < -0.4 is 26.2 Å². The van der Waals surface area contributed by atoms with Gasteiger partial charge in [-0.25, -0.2) is 0 Å². The molecule has 0 unspecified atom stereocenters. The van der Waals surface area contributed by atoms with Crippen molar-refractivity contribution < 1.29 is 41.1 Å². The van der Waals surface area contributed by atoms with E-state index in [1.54, 1.807) is 0 Å². The first-order valence-corrected chi connectivity index (χ1v) is 44.5. The second-order valence-electron chi connectivity index (χ2n) is 34.7. The van der Waals surface area contributed by atoms with Crippen molar-refractivity contribution in [3.05, 3.63) is 502 Å². The Kier molecular flexibility index (Phi) is 13.4. The van der Waals surface area contributed by atoms with Gasteiger partial charge in [-0.1, -0.05) is 396 Å². The predicted octanol–water partition coefficient (Wildman–Crippen LogP) is 33.3. The van der Waals surface area contributed by atoms with E-state index in [0.717, 1.165) is 64.8 Å². The van der Waals surface area contributed by atoms with Crippen molar-refractivity contribution in [3.8, 4) is 145 Å². The Morgan fingerprint density at radius 2 is 0.504 bits per heavy atom. The minimum Gasteiger partial charge on any atom is -0.310 e. The van der Waals surface area contributed by atoms with Crippen LogP contribution in [-0.4, -0.2) is 15.8 Å². The molecule has 135 heavy (non-hydrogen) atoms. The molecule has 4 nitrogen and oxygen atoms in total. The van der Waals surface area contributed by atoms with Gasteiger partial charge < -0.3 is 18.9 Å². The summed E-state index contributed by atoms with van der Waals surface area (Å²) in [6, 6.07) is 75.0. The Bertz CT molecular complexity index is 9690. The maximum atomic E-state index is 12.5. The molecule has 0 saturated heterocycles. The van der Waals surface area contributed by atoms with Crippen molar-refractivity contribution in [1.82, 2.24) is 9.13 Å². The zero-order valence-corrected chi connectivity index (χ0v) is 72.9. The molecule has 2 aromatic heterocycles. The predicted molar refractivity (Wildman–Crippen MR) is 573 cm³/mol. The summed E-state index contributed by atoms with van der Waals surface area (Å²) < 4.78 is 309. The van der Waals surface area contributed by atoms with Gasteiger partial charge in [0.05, 0.1) is 74.6 Å². The molecule has 0 fully saturated rings. The standard InChI is InChI=1S/C130H91BN4/c1-130(2,3)106-82-125-127-126(83-106)135(129-113(102-58-34-54-96(74-102)88-40-16-6-17-41-88)80-105(93-50-26-11-27-51-93)81-114(129)103-59-35-55-97(75-103)89-42-18-7-19-43-89)124-85-108(133-120-63-31-29-61-110(120)116-77-99(65-71-122(116)133)91-46-22-9-23-47-91)67-69-118(124)131(127)117-68-66-107(132-119-62-30-28-60-109(119)115-76-98(64-70-121(115)132)90-44-20-8-21-45-90)84-123(117)134(125)128-111(100-56-32-52-94(72-100)86-36-12-4-13-37-86)78-104(92-48-24-10-25-49-92)79-112(128)101-57-33-53-95(73-101)87-38-14-5-15-39-87/h4-85H,1-3H3/i8D,9D,20D,21D,22D,23D,28D,29D,30D,31D,44D,45D,46D,47D,60D,61D,62D,63D,64D,65D,66D,67D,68D,69D,70D,71D,76D,77D,84D,85D. The SMILES string of the molecule is [2H]c1c([2H])c([2H])c(-c2c([2H])c([2H])c3c(c2[2H])c2c([2H])c([2H])c([2H])c([2H])c2n3-c2c([2H])c([2H])c3c(c2[2H])N(c2c(-c4cccc(-c5ccccc5)c4)cc(-c4ccccc4)cc2-c2cccc(-c4ccccc4)c2)c2cc(C(C)(C)C)cc4c2B3c2c([2H])c([2H])c(-n3c5c([2H])c([2H])c([2H])c([2H])c5c5c([2H])c(-c6c([2H])c([2H])c([2H])c([2H])c6[2H])c([2H])c([2H])c53)c([2H])c2N4c2c(-c3cccc(-c4ccccc4)c3)cc(-c3ccccc3)cc2-c2cccc(-c3ccccc3)c2)c([2H])c1[2H]. The van der Waals surface area contributed by atoms with Crippen LogP contribution in [0.1, 0.15) is 67.5 Å². The summed E-state index contributed by atoms with van der Waals surface area (Å²) in [5.74, 6) is 0. The molecule has 0 radical (unpaired) electrons. The lowest BCUT2D eigenvalue weighted by Crippen LogP contribution is -2.61. The number of benzene rings is 21. The summed E-state index contributed by atoms with van der Waals surface area (Å²) in [5, 5.41) is -2.24. The second kappa shape index (κ2) is 33.1. The Balaban J connectivity index is 0.936. The van der Waals surface area contributed by atoms with Gasteiger partial charge in [-0.3, -0.25) is 0 Å². The minimum absolute atomic E-state index is 0.145. The first kappa shape index (κ1) is 54.5. The van der Waals surface area contributed by atoms with Crippen LogP contribution in [0.25, 0.3) is 189 Å². The van der Waals surface area contributed by atoms with Crippen molar-refractivity contribution in [1.29, 1.82) is 0 Å². The molecule has 4 heterocycles. The number of hydrogen-bond acceptors (Lipinski definition) is 2. The van der Waals surface area contributed by atoms with Crippen LogP contribution in [0.5, 0.6) is 0 Å². The van der Waals surface area contributed by atoms with Gasteiger partial charge in [0.15, 0.2) is 0 Å². The van der Waals surface area contributed by atoms with Crippen LogP contribution in [0, 0.1) is 0 Å². The van der Waals surface area contributed by atoms with Crippen LogP contribution in [0.2, 0.25) is 0 Å². The van der Waals surface area contributed by atoms with E-state index in [-0.39, 0.29) is 50.5 Å². The normalized spacial score (nSPS) is 15.3. The third-order valence-electron chi connectivity index (χ3n) is 25.7. The first-order valence-electron chi connectivity index (χ1n) is 59.5. The molecule has 0 saturated carbocycles. The molecule has 5 heteroatoms. The van der Waals surface area contributed by atoms with Crippen LogP contribution in [-0.2, 0) is 5.41 Å². The molecule has 0 amide bonds. The number of nitrogens with zero attached hydrogens (tertiary/aromatic N) is 4. The fourth-order valence-electron chi connectivity index (χ4n) is 19.3. The van der Waals surface area contributed by atoms with Gasteiger partial charge in [-0.05, 0) is 260 Å². The zero-order chi connectivity index (χ0) is 116. The number of hydrogen-bond donors (Lipinski definition) is 0. The van der Waals surface area contributed by atoms with Gasteiger partial charge in [0.25, 0.3) is 6.71 Å². The van der Waals surface area contributed by atoms with Gasteiger partial charge in [0.2, 0.25) is 0 Å². The third kappa shape index (κ3) is 14.1. The van der Waals surface area contributed by atoms with Crippen molar-refractivity contribution >= 4 is 101 Å². The molecule has 25 rings (SSSR count). The highest BCUT2D eigenvalue weighted by atomic mass is 15.2. The van der Waals surface area contributed by atoms with E-state index in [4.69, 9.17) is 8.22 Å². The molecule has 0 bridgehead atoms. The molecule has 23 aromatic rings. The van der Waals surface area contributed by atoms with Gasteiger partial charge in [-0.2, -0.15) is 0 Å². The summed E-state index contributed by atoms with van der Waals surface area (Å²) in [6.45, 7) is 4.04. The van der Waals surface area contributed by atoms with E-state index >= 15 is 0 Å². The number of rotatable bonds is 16. The molecular formula is C130H91BN4. The molecule has 0 spiro atoms. The topological polar surface area (TPSA) is 16.3 Å². The van der Waals surface area contributed by atoms with E-state index in [1.165, 1.54) is 0 Å². The van der Waals surface area contributed by atoms with Gasteiger partial charge in [0, 0.05) is 77.9 Å².